The molecule has 106 valence electrons. The summed E-state index contributed by atoms with van der Waals surface area (Å²) in [6.45, 7) is 4.76. The van der Waals surface area contributed by atoms with E-state index in [-0.39, 0.29) is 0 Å². The zero-order valence-electron chi connectivity index (χ0n) is 12.1. The predicted octanol–water partition coefficient (Wildman–Crippen LogP) is 2.70. The van der Waals surface area contributed by atoms with Gasteiger partial charge in [-0.2, -0.15) is 0 Å². The highest BCUT2D eigenvalue weighted by atomic mass is 16.5. The largest absolute Gasteiger partial charge is 0.378 e. The number of benzene rings is 1. The van der Waals surface area contributed by atoms with Crippen LogP contribution in [0.3, 0.4) is 0 Å². The number of ether oxygens (including phenoxy) is 1. The lowest BCUT2D eigenvalue weighted by molar-refractivity contribution is 0.181. The average Bonchev–Trinajstić information content (AvgIpc) is 2.47. The molecular formula is C15H20N4O. The third kappa shape index (κ3) is 3.31. The molecule has 1 heterocycles. The van der Waals surface area contributed by atoms with Gasteiger partial charge in [-0.05, 0) is 11.5 Å². The highest BCUT2D eigenvalue weighted by Crippen LogP contribution is 2.21. The first-order valence-electron chi connectivity index (χ1n) is 6.58. The average molecular weight is 272 g/mol. The molecule has 5 heteroatoms. The molecule has 0 amide bonds. The van der Waals surface area contributed by atoms with Crippen molar-refractivity contribution in [3.05, 3.63) is 41.6 Å². The molecule has 0 saturated carbocycles. The van der Waals surface area contributed by atoms with Crippen LogP contribution in [-0.2, 0) is 11.3 Å². The molecule has 0 aliphatic rings. The maximum atomic E-state index is 5.44. The van der Waals surface area contributed by atoms with Crippen LogP contribution in [0.4, 0.5) is 5.82 Å². The van der Waals surface area contributed by atoms with E-state index in [1.807, 2.05) is 12.1 Å². The van der Waals surface area contributed by atoms with Gasteiger partial charge in [-0.1, -0.05) is 38.1 Å². The van der Waals surface area contributed by atoms with Crippen molar-refractivity contribution in [2.45, 2.75) is 26.4 Å². The Morgan fingerprint density at radius 3 is 2.45 bits per heavy atom. The van der Waals surface area contributed by atoms with Crippen LogP contribution in [0, 0.1) is 0 Å². The molecule has 0 unspecified atom stereocenters. The normalized spacial score (nSPS) is 10.8. The van der Waals surface area contributed by atoms with Crippen LogP contribution in [0.25, 0.3) is 11.4 Å². The number of nitrogens with two attached hydrogens (primary N) is 1. The molecule has 20 heavy (non-hydrogen) atoms. The summed E-state index contributed by atoms with van der Waals surface area (Å²) in [7, 11) is 1.63. The first-order valence-corrected chi connectivity index (χ1v) is 6.58. The third-order valence-electron chi connectivity index (χ3n) is 3.05. The maximum Gasteiger partial charge on any atom is 0.161 e. The van der Waals surface area contributed by atoms with Crippen LogP contribution >= 0.6 is 0 Å². The van der Waals surface area contributed by atoms with E-state index in [1.165, 1.54) is 5.56 Å². The Kier molecular flexibility index (Phi) is 4.65. The van der Waals surface area contributed by atoms with Crippen LogP contribution in [0.2, 0.25) is 0 Å². The van der Waals surface area contributed by atoms with Crippen LogP contribution in [-0.4, -0.2) is 17.1 Å². The molecule has 0 aliphatic heterocycles. The molecule has 0 saturated heterocycles. The summed E-state index contributed by atoms with van der Waals surface area (Å²) in [4.78, 5) is 8.86. The molecular weight excluding hydrogens is 252 g/mol. The second kappa shape index (κ2) is 6.45. The minimum atomic E-state index is 0.425. The fourth-order valence-electron chi connectivity index (χ4n) is 1.94. The molecule has 0 atom stereocenters. The molecule has 2 rings (SSSR count). The number of hydrogen-bond acceptors (Lipinski definition) is 5. The van der Waals surface area contributed by atoms with Crippen molar-refractivity contribution in [2.75, 3.05) is 12.5 Å². The molecule has 0 fully saturated rings. The standard InChI is InChI=1S/C15H20N4O/c1-10(2)11-4-6-12(7-5-11)15-17-13(9-20-3)8-14(18-15)19-16/h4-8,10H,9,16H2,1-3H3,(H,17,18,19). The van der Waals surface area contributed by atoms with Gasteiger partial charge in [0.15, 0.2) is 5.82 Å². The first kappa shape index (κ1) is 14.4. The lowest BCUT2D eigenvalue weighted by Gasteiger charge is -2.09. The number of aromatic nitrogens is 2. The molecule has 0 bridgehead atoms. The Morgan fingerprint density at radius 2 is 1.90 bits per heavy atom. The molecule has 1 aromatic heterocycles. The van der Waals surface area contributed by atoms with E-state index in [1.54, 1.807) is 13.2 Å². The molecule has 1 aromatic carbocycles. The summed E-state index contributed by atoms with van der Waals surface area (Å²) < 4.78 is 5.11. The minimum Gasteiger partial charge on any atom is -0.378 e. The number of nitrogens with one attached hydrogen (secondary N) is 1. The van der Waals surface area contributed by atoms with E-state index in [0.29, 0.717) is 24.2 Å². The van der Waals surface area contributed by atoms with Crippen molar-refractivity contribution in [1.29, 1.82) is 0 Å². The number of nitrogen functional groups attached to an aromatic ring is 1. The van der Waals surface area contributed by atoms with E-state index in [0.717, 1.165) is 11.3 Å². The van der Waals surface area contributed by atoms with E-state index < -0.39 is 0 Å². The van der Waals surface area contributed by atoms with Crippen molar-refractivity contribution < 1.29 is 4.74 Å². The molecule has 0 radical (unpaired) electrons. The van der Waals surface area contributed by atoms with Gasteiger partial charge in [0.05, 0.1) is 12.3 Å². The number of nitrogens with zero attached hydrogens (tertiary/aromatic N) is 2. The van der Waals surface area contributed by atoms with Gasteiger partial charge in [-0.3, -0.25) is 0 Å². The lowest BCUT2D eigenvalue weighted by atomic mass is 10.0. The second-order valence-electron chi connectivity index (χ2n) is 4.92. The maximum absolute atomic E-state index is 5.44. The first-order chi connectivity index (χ1) is 9.63. The van der Waals surface area contributed by atoms with Crippen LogP contribution < -0.4 is 11.3 Å². The number of anilines is 1. The van der Waals surface area contributed by atoms with Crippen molar-refractivity contribution >= 4 is 5.82 Å². The molecule has 2 aromatic rings. The lowest BCUT2D eigenvalue weighted by Crippen LogP contribution is -2.10. The Balaban J connectivity index is 2.37. The van der Waals surface area contributed by atoms with Crippen molar-refractivity contribution in [3.8, 4) is 11.4 Å². The fraction of sp³-hybridized carbons (Fsp3) is 0.333. The predicted molar refractivity (Wildman–Crippen MR) is 80.1 cm³/mol. The SMILES string of the molecule is COCc1cc(NN)nc(-c2ccc(C(C)C)cc2)n1. The number of rotatable bonds is 5. The summed E-state index contributed by atoms with van der Waals surface area (Å²) in [6.07, 6.45) is 0. The van der Waals surface area contributed by atoms with Gasteiger partial charge in [-0.25, -0.2) is 15.8 Å². The second-order valence-corrected chi connectivity index (χ2v) is 4.92. The minimum absolute atomic E-state index is 0.425. The summed E-state index contributed by atoms with van der Waals surface area (Å²) in [5, 5.41) is 0. The number of hydrogen-bond donors (Lipinski definition) is 2. The quantitative estimate of drug-likeness (QED) is 0.646. The van der Waals surface area contributed by atoms with Crippen LogP contribution in [0.1, 0.15) is 31.0 Å². The van der Waals surface area contributed by atoms with Gasteiger partial charge < -0.3 is 10.2 Å². The zero-order valence-corrected chi connectivity index (χ0v) is 12.1. The Labute approximate surface area is 119 Å². The molecule has 5 nitrogen and oxygen atoms in total. The van der Waals surface area contributed by atoms with Gasteiger partial charge in [0, 0.05) is 18.7 Å². The smallest absolute Gasteiger partial charge is 0.161 e. The van der Waals surface area contributed by atoms with E-state index in [4.69, 9.17) is 10.6 Å². The van der Waals surface area contributed by atoms with E-state index >= 15 is 0 Å². The highest BCUT2D eigenvalue weighted by Gasteiger charge is 2.07. The topological polar surface area (TPSA) is 73.1 Å². The number of hydrazine groups is 1. The Bertz CT molecular complexity index is 567. The van der Waals surface area contributed by atoms with E-state index in [2.05, 4.69) is 41.4 Å². The zero-order chi connectivity index (χ0) is 14.5. The summed E-state index contributed by atoms with van der Waals surface area (Å²) in [6, 6.07) is 10.0. The Morgan fingerprint density at radius 1 is 1.20 bits per heavy atom. The highest BCUT2D eigenvalue weighted by molar-refractivity contribution is 5.58. The molecule has 0 spiro atoms. The van der Waals surface area contributed by atoms with Gasteiger partial charge >= 0.3 is 0 Å². The Hall–Kier alpha value is -1.98. The van der Waals surface area contributed by atoms with Gasteiger partial charge in [-0.15, -0.1) is 0 Å². The molecule has 3 N–H and O–H groups in total. The van der Waals surface area contributed by atoms with Crippen molar-refractivity contribution in [1.82, 2.24) is 9.97 Å². The summed E-state index contributed by atoms with van der Waals surface area (Å²) in [5.41, 5.74) is 5.60. The monoisotopic (exact) mass is 272 g/mol. The van der Waals surface area contributed by atoms with Crippen molar-refractivity contribution in [2.24, 2.45) is 5.84 Å². The molecule has 0 aliphatic carbocycles. The van der Waals surface area contributed by atoms with E-state index in [9.17, 15) is 0 Å². The van der Waals surface area contributed by atoms with Crippen molar-refractivity contribution in [3.63, 3.8) is 0 Å². The van der Waals surface area contributed by atoms with Crippen LogP contribution in [0.15, 0.2) is 30.3 Å². The van der Waals surface area contributed by atoms with Gasteiger partial charge in [0.1, 0.15) is 5.82 Å². The fourth-order valence-corrected chi connectivity index (χ4v) is 1.94. The number of methoxy groups -OCH3 is 1. The van der Waals surface area contributed by atoms with Gasteiger partial charge in [0.2, 0.25) is 0 Å². The van der Waals surface area contributed by atoms with Crippen LogP contribution in [0.5, 0.6) is 0 Å². The summed E-state index contributed by atoms with van der Waals surface area (Å²) in [5.74, 6) is 7.17. The third-order valence-corrected chi connectivity index (χ3v) is 3.05. The van der Waals surface area contributed by atoms with Gasteiger partial charge in [0.25, 0.3) is 0 Å². The summed E-state index contributed by atoms with van der Waals surface area (Å²) >= 11 is 0.